The highest BCUT2D eigenvalue weighted by Gasteiger charge is 2.30. The molecule has 0 saturated heterocycles. The van der Waals surface area contributed by atoms with Crippen LogP contribution in [0.2, 0.25) is 0 Å². The van der Waals surface area contributed by atoms with Gasteiger partial charge in [0, 0.05) is 5.92 Å². The summed E-state index contributed by atoms with van der Waals surface area (Å²) in [6, 6.07) is 10.8. The van der Waals surface area contributed by atoms with E-state index in [1.165, 1.54) is 44.1 Å². The van der Waals surface area contributed by atoms with Crippen molar-refractivity contribution in [1.29, 1.82) is 0 Å². The van der Waals surface area contributed by atoms with Gasteiger partial charge in [-0.2, -0.15) is 0 Å². The van der Waals surface area contributed by atoms with Crippen molar-refractivity contribution in [2.45, 2.75) is 64.3 Å². The summed E-state index contributed by atoms with van der Waals surface area (Å²) in [7, 11) is 0. The van der Waals surface area contributed by atoms with Crippen LogP contribution in [0.15, 0.2) is 59.6 Å². The van der Waals surface area contributed by atoms with Crippen LogP contribution in [0.4, 0.5) is 0 Å². The van der Waals surface area contributed by atoms with E-state index in [-0.39, 0.29) is 5.54 Å². The monoisotopic (exact) mass is 351 g/mol. The molecule has 26 heavy (non-hydrogen) atoms. The van der Waals surface area contributed by atoms with Gasteiger partial charge < -0.3 is 4.74 Å². The molecule has 2 heteroatoms. The fraction of sp³-hybridized carbons (Fsp3) is 0.542. The minimum atomic E-state index is -0.0517. The predicted octanol–water partition coefficient (Wildman–Crippen LogP) is 6.14. The van der Waals surface area contributed by atoms with Gasteiger partial charge in [-0.3, -0.25) is 0 Å². The minimum Gasteiger partial charge on any atom is -0.478 e. The quantitative estimate of drug-likeness (QED) is 0.524. The zero-order valence-corrected chi connectivity index (χ0v) is 16.4. The molecule has 3 rings (SSSR count). The fourth-order valence-corrected chi connectivity index (χ4v) is 3.88. The zero-order chi connectivity index (χ0) is 18.2. The lowest BCUT2D eigenvalue weighted by molar-refractivity contribution is 0.259. The molecule has 0 bridgehead atoms. The van der Waals surface area contributed by atoms with Crippen LogP contribution in [0, 0.1) is 11.8 Å². The molecule has 1 aliphatic heterocycles. The van der Waals surface area contributed by atoms with Crippen molar-refractivity contribution < 1.29 is 4.74 Å². The van der Waals surface area contributed by atoms with E-state index in [9.17, 15) is 0 Å². The lowest BCUT2D eigenvalue weighted by Crippen LogP contribution is -2.17. The maximum Gasteiger partial charge on any atom is 0.187 e. The molecule has 1 heterocycles. The predicted molar refractivity (Wildman–Crippen MR) is 111 cm³/mol. The van der Waals surface area contributed by atoms with Crippen molar-refractivity contribution in [3.05, 3.63) is 60.2 Å². The first kappa shape index (κ1) is 18.9. The second-order valence-corrected chi connectivity index (χ2v) is 8.37. The number of allylic oxidation sites excluding steroid dienone is 4. The van der Waals surface area contributed by atoms with Crippen molar-refractivity contribution in [3.63, 3.8) is 0 Å². The molecule has 0 fully saturated rings. The van der Waals surface area contributed by atoms with E-state index in [4.69, 9.17) is 9.73 Å². The van der Waals surface area contributed by atoms with Crippen molar-refractivity contribution >= 4 is 5.90 Å². The number of aliphatic imine (C=N–C) groups is 1. The van der Waals surface area contributed by atoms with E-state index in [1.807, 2.05) is 0 Å². The average molecular weight is 352 g/mol. The van der Waals surface area contributed by atoms with Crippen LogP contribution in [0.3, 0.4) is 0 Å². The molecule has 2 nitrogen and oxygen atoms in total. The maximum absolute atomic E-state index is 6.00. The van der Waals surface area contributed by atoms with Gasteiger partial charge in [0.05, 0.1) is 5.54 Å². The molecule has 0 N–H and O–H groups in total. The van der Waals surface area contributed by atoms with E-state index < -0.39 is 0 Å². The molecule has 0 spiro atoms. The molecule has 2 unspecified atom stereocenters. The molecule has 1 aromatic rings. The number of benzene rings is 1. The molecule has 2 atom stereocenters. The van der Waals surface area contributed by atoms with E-state index in [2.05, 4.69) is 68.5 Å². The molecule has 140 valence electrons. The highest BCUT2D eigenvalue weighted by molar-refractivity contribution is 5.80. The van der Waals surface area contributed by atoms with Crippen LogP contribution in [0.1, 0.15) is 57.9 Å². The molecule has 0 radical (unpaired) electrons. The summed E-state index contributed by atoms with van der Waals surface area (Å²) >= 11 is 0. The van der Waals surface area contributed by atoms with Gasteiger partial charge in [0.25, 0.3) is 0 Å². The van der Waals surface area contributed by atoms with E-state index >= 15 is 0 Å². The topological polar surface area (TPSA) is 21.6 Å². The van der Waals surface area contributed by atoms with Gasteiger partial charge in [0.15, 0.2) is 5.90 Å². The number of hydrogen-bond acceptors (Lipinski definition) is 2. The third-order valence-corrected chi connectivity index (χ3v) is 5.39. The summed E-state index contributed by atoms with van der Waals surface area (Å²) in [4.78, 5) is 4.88. The Bertz CT molecular complexity index is 641. The summed E-state index contributed by atoms with van der Waals surface area (Å²) in [6.45, 7) is 5.06. The van der Waals surface area contributed by atoms with Crippen molar-refractivity contribution in [1.82, 2.24) is 0 Å². The third-order valence-electron chi connectivity index (χ3n) is 5.39. The molecule has 1 aromatic carbocycles. The molecule has 0 aromatic heterocycles. The fourth-order valence-electron chi connectivity index (χ4n) is 3.88. The van der Waals surface area contributed by atoms with E-state index in [1.54, 1.807) is 0 Å². The largest absolute Gasteiger partial charge is 0.478 e. The van der Waals surface area contributed by atoms with Crippen molar-refractivity contribution in [2.75, 3.05) is 6.61 Å². The number of rotatable bonds is 9. The van der Waals surface area contributed by atoms with Gasteiger partial charge in [-0.05, 0) is 63.9 Å². The van der Waals surface area contributed by atoms with Crippen LogP contribution < -0.4 is 0 Å². The summed E-state index contributed by atoms with van der Waals surface area (Å²) < 4.78 is 6.00. The first-order valence-electron chi connectivity index (χ1n) is 10.2. The summed E-state index contributed by atoms with van der Waals surface area (Å²) in [6.07, 6.45) is 17.4. The van der Waals surface area contributed by atoms with Gasteiger partial charge in [-0.15, -0.1) is 0 Å². The number of nitrogens with zero attached hydrogens (tertiary/aromatic N) is 1. The van der Waals surface area contributed by atoms with Crippen LogP contribution in [0.25, 0.3) is 0 Å². The van der Waals surface area contributed by atoms with Gasteiger partial charge in [0.2, 0.25) is 0 Å². The Labute approximate surface area is 159 Å². The van der Waals surface area contributed by atoms with Gasteiger partial charge in [-0.1, -0.05) is 61.1 Å². The molecule has 1 aliphatic carbocycles. The molecule has 2 aliphatic rings. The summed E-state index contributed by atoms with van der Waals surface area (Å²) in [5, 5.41) is 0. The van der Waals surface area contributed by atoms with Crippen LogP contribution in [-0.2, 0) is 11.2 Å². The number of aryl methyl sites for hydroxylation is 1. The van der Waals surface area contributed by atoms with Gasteiger partial charge >= 0.3 is 0 Å². The lowest BCUT2D eigenvalue weighted by Gasteiger charge is -2.18. The average Bonchev–Trinajstić information content (AvgIpc) is 3.02. The summed E-state index contributed by atoms with van der Waals surface area (Å²) in [5.74, 6) is 2.21. The minimum absolute atomic E-state index is 0.0517. The van der Waals surface area contributed by atoms with Crippen LogP contribution in [-0.4, -0.2) is 18.0 Å². The highest BCUT2D eigenvalue weighted by atomic mass is 16.5. The Morgan fingerprint density at radius 1 is 1.12 bits per heavy atom. The van der Waals surface area contributed by atoms with E-state index in [0.717, 1.165) is 18.9 Å². The lowest BCUT2D eigenvalue weighted by atomic mass is 9.90. The normalized spacial score (nSPS) is 22.1. The molecule has 0 amide bonds. The van der Waals surface area contributed by atoms with Crippen LogP contribution in [0.5, 0.6) is 0 Å². The Balaban J connectivity index is 1.51. The first-order chi connectivity index (χ1) is 12.6. The Morgan fingerprint density at radius 2 is 1.92 bits per heavy atom. The molecule has 0 saturated carbocycles. The summed E-state index contributed by atoms with van der Waals surface area (Å²) in [5.41, 5.74) is 1.38. The Kier molecular flexibility index (Phi) is 6.71. The third kappa shape index (κ3) is 5.86. The standard InChI is InChI=1S/C24H33NO/c1-24(2)19-26-23(25-24)22(17-9-15-20-11-5-3-6-12-20)18-10-16-21-13-7-4-8-14-21/h3-8,11-13,21-22H,9-10,14-19H2,1-2H3. The molecular formula is C24H33NO. The second-order valence-electron chi connectivity index (χ2n) is 8.37. The van der Waals surface area contributed by atoms with E-state index in [0.29, 0.717) is 11.8 Å². The van der Waals surface area contributed by atoms with Crippen molar-refractivity contribution in [3.8, 4) is 0 Å². The first-order valence-corrected chi connectivity index (χ1v) is 10.2. The smallest absolute Gasteiger partial charge is 0.187 e. The number of ether oxygens (including phenoxy) is 1. The van der Waals surface area contributed by atoms with Gasteiger partial charge in [0.1, 0.15) is 6.61 Å². The maximum atomic E-state index is 6.00. The zero-order valence-electron chi connectivity index (χ0n) is 16.4. The SMILES string of the molecule is CC1(C)COC(C(CCCc2ccccc2)CCCC2C=CC=CC2)=N1. The van der Waals surface area contributed by atoms with Crippen molar-refractivity contribution in [2.24, 2.45) is 16.8 Å². The van der Waals surface area contributed by atoms with Gasteiger partial charge in [-0.25, -0.2) is 4.99 Å². The second kappa shape index (κ2) is 9.21. The number of hydrogen-bond donors (Lipinski definition) is 0. The Morgan fingerprint density at radius 3 is 2.62 bits per heavy atom. The highest BCUT2D eigenvalue weighted by Crippen LogP contribution is 2.28. The molecular weight excluding hydrogens is 318 g/mol. The van der Waals surface area contributed by atoms with Crippen LogP contribution >= 0.6 is 0 Å². The Hall–Kier alpha value is -1.83.